The van der Waals surface area contributed by atoms with Gasteiger partial charge in [-0.05, 0) is 18.2 Å². The van der Waals surface area contributed by atoms with E-state index in [2.05, 4.69) is 9.99 Å². The average Bonchev–Trinajstić information content (AvgIpc) is 2.49. The van der Waals surface area contributed by atoms with Gasteiger partial charge in [0.1, 0.15) is 7.11 Å². The molecular formula is C14H10Cl2N2O3S. The van der Waals surface area contributed by atoms with Crippen molar-refractivity contribution in [2.24, 2.45) is 5.16 Å². The lowest BCUT2D eigenvalue weighted by Crippen LogP contribution is -1.93. The minimum atomic E-state index is -0.471. The highest BCUT2D eigenvalue weighted by atomic mass is 35.5. The normalized spacial score (nSPS) is 10.9. The van der Waals surface area contributed by atoms with Gasteiger partial charge in [-0.2, -0.15) is 0 Å². The first kappa shape index (κ1) is 16.6. The molecule has 0 unspecified atom stereocenters. The summed E-state index contributed by atoms with van der Waals surface area (Å²) in [5.74, 6) is 0. The second-order valence-electron chi connectivity index (χ2n) is 4.05. The molecule has 0 aromatic heterocycles. The Bertz CT molecular complexity index is 718. The molecule has 0 aliphatic carbocycles. The first-order valence-corrected chi connectivity index (χ1v) is 7.57. The molecule has 8 heteroatoms. The molecule has 0 aliphatic heterocycles. The molecule has 2 rings (SSSR count). The van der Waals surface area contributed by atoms with Crippen LogP contribution < -0.4 is 0 Å². The van der Waals surface area contributed by atoms with Crippen molar-refractivity contribution < 1.29 is 9.76 Å². The molecule has 0 heterocycles. The summed E-state index contributed by atoms with van der Waals surface area (Å²) in [5, 5.41) is 15.6. The Labute approximate surface area is 141 Å². The maximum Gasteiger partial charge on any atom is 0.270 e. The first-order chi connectivity index (χ1) is 10.5. The third kappa shape index (κ3) is 3.91. The number of rotatable bonds is 5. The lowest BCUT2D eigenvalue weighted by Gasteiger charge is -2.08. The van der Waals surface area contributed by atoms with Crippen molar-refractivity contribution in [3.63, 3.8) is 0 Å². The van der Waals surface area contributed by atoms with Gasteiger partial charge in [-0.3, -0.25) is 10.1 Å². The molecule has 0 saturated carbocycles. The van der Waals surface area contributed by atoms with Crippen LogP contribution in [0.25, 0.3) is 0 Å². The van der Waals surface area contributed by atoms with Crippen LogP contribution in [0.15, 0.2) is 51.3 Å². The number of oxime groups is 1. The number of nitro groups is 1. The summed E-state index contributed by atoms with van der Waals surface area (Å²) in [6.45, 7) is 0. The Morgan fingerprint density at radius 3 is 2.55 bits per heavy atom. The number of nitrogens with zero attached hydrogens (tertiary/aromatic N) is 2. The minimum Gasteiger partial charge on any atom is -0.399 e. The predicted molar refractivity (Wildman–Crippen MR) is 88.3 cm³/mol. The van der Waals surface area contributed by atoms with Crippen LogP contribution in [0, 0.1) is 10.1 Å². The molecule has 22 heavy (non-hydrogen) atoms. The zero-order valence-electron chi connectivity index (χ0n) is 11.3. The fraction of sp³-hybridized carbons (Fsp3) is 0.0714. The van der Waals surface area contributed by atoms with Crippen molar-refractivity contribution in [3.8, 4) is 0 Å². The Hall–Kier alpha value is -1.76. The molecule has 0 amide bonds. The van der Waals surface area contributed by atoms with Crippen LogP contribution in [-0.2, 0) is 4.84 Å². The van der Waals surface area contributed by atoms with E-state index in [9.17, 15) is 10.1 Å². The van der Waals surface area contributed by atoms with E-state index in [1.807, 2.05) is 0 Å². The van der Waals surface area contributed by atoms with Crippen LogP contribution >= 0.6 is 35.0 Å². The van der Waals surface area contributed by atoms with Crippen molar-refractivity contribution in [1.29, 1.82) is 0 Å². The number of hydrogen-bond acceptors (Lipinski definition) is 5. The predicted octanol–water partition coefficient (Wildman–Crippen LogP) is 5.03. The molecular weight excluding hydrogens is 347 g/mol. The van der Waals surface area contributed by atoms with Crippen molar-refractivity contribution in [3.05, 3.63) is 62.1 Å². The summed E-state index contributed by atoms with van der Waals surface area (Å²) in [7, 11) is 1.39. The number of nitro benzene ring substituents is 1. The van der Waals surface area contributed by atoms with E-state index >= 15 is 0 Å². The fourth-order valence-corrected chi connectivity index (χ4v) is 3.19. The number of halogens is 2. The van der Waals surface area contributed by atoms with Crippen LogP contribution in [0.4, 0.5) is 5.69 Å². The van der Waals surface area contributed by atoms with Crippen molar-refractivity contribution in [1.82, 2.24) is 0 Å². The topological polar surface area (TPSA) is 64.7 Å². The molecule has 0 N–H and O–H groups in total. The quantitative estimate of drug-likeness (QED) is 0.428. The standard InChI is InChI=1S/C14H10Cl2N2O3S/c1-21-17-8-9-7-10(18(19)20)5-6-13(9)22-14-11(15)3-2-4-12(14)16/h2-8H,1H3. The summed E-state index contributed by atoms with van der Waals surface area (Å²) in [4.78, 5) is 16.4. The third-order valence-electron chi connectivity index (χ3n) is 2.63. The Morgan fingerprint density at radius 2 is 1.95 bits per heavy atom. The van der Waals surface area contributed by atoms with Gasteiger partial charge in [-0.15, -0.1) is 0 Å². The molecule has 0 fully saturated rings. The maximum absolute atomic E-state index is 10.9. The van der Waals surface area contributed by atoms with E-state index in [-0.39, 0.29) is 5.69 Å². The molecule has 114 valence electrons. The van der Waals surface area contributed by atoms with Crippen molar-refractivity contribution in [2.75, 3.05) is 7.11 Å². The van der Waals surface area contributed by atoms with Gasteiger partial charge in [0.25, 0.3) is 5.69 Å². The van der Waals surface area contributed by atoms with Crippen LogP contribution in [0.3, 0.4) is 0 Å². The van der Waals surface area contributed by atoms with Crippen molar-refractivity contribution >= 4 is 46.9 Å². The van der Waals surface area contributed by atoms with Gasteiger partial charge in [0.05, 0.1) is 21.2 Å². The van der Waals surface area contributed by atoms with E-state index in [4.69, 9.17) is 23.2 Å². The zero-order chi connectivity index (χ0) is 16.1. The molecule has 0 spiro atoms. The monoisotopic (exact) mass is 356 g/mol. The van der Waals surface area contributed by atoms with Gasteiger partial charge in [0.15, 0.2) is 0 Å². The Morgan fingerprint density at radius 1 is 1.27 bits per heavy atom. The summed E-state index contributed by atoms with van der Waals surface area (Å²) in [6.07, 6.45) is 1.40. The Balaban J connectivity index is 2.45. The fourth-order valence-electron chi connectivity index (χ4n) is 1.64. The second-order valence-corrected chi connectivity index (χ2v) is 5.92. The molecule has 0 saturated heterocycles. The van der Waals surface area contributed by atoms with Crippen LogP contribution in [0.1, 0.15) is 5.56 Å². The van der Waals surface area contributed by atoms with E-state index < -0.39 is 4.92 Å². The Kier molecular flexibility index (Phi) is 5.65. The lowest BCUT2D eigenvalue weighted by atomic mass is 10.2. The van der Waals surface area contributed by atoms with E-state index in [1.165, 1.54) is 37.2 Å². The molecule has 0 aliphatic rings. The first-order valence-electron chi connectivity index (χ1n) is 5.99. The molecule has 2 aromatic rings. The van der Waals surface area contributed by atoms with E-state index in [1.54, 1.807) is 24.3 Å². The molecule has 2 aromatic carbocycles. The summed E-state index contributed by atoms with van der Waals surface area (Å²) >= 11 is 13.6. The summed E-state index contributed by atoms with van der Waals surface area (Å²) in [5.41, 5.74) is 0.504. The van der Waals surface area contributed by atoms with Gasteiger partial charge in [-0.25, -0.2) is 0 Å². The van der Waals surface area contributed by atoms with E-state index in [0.29, 0.717) is 20.5 Å². The smallest absolute Gasteiger partial charge is 0.270 e. The zero-order valence-corrected chi connectivity index (χ0v) is 13.7. The van der Waals surface area contributed by atoms with Crippen molar-refractivity contribution in [2.45, 2.75) is 9.79 Å². The lowest BCUT2D eigenvalue weighted by molar-refractivity contribution is -0.384. The number of benzene rings is 2. The van der Waals surface area contributed by atoms with Gasteiger partial charge in [0, 0.05) is 27.5 Å². The highest BCUT2D eigenvalue weighted by molar-refractivity contribution is 7.99. The second kappa shape index (κ2) is 7.49. The highest BCUT2D eigenvalue weighted by Crippen LogP contribution is 2.40. The van der Waals surface area contributed by atoms with Gasteiger partial charge < -0.3 is 4.84 Å². The van der Waals surface area contributed by atoms with Gasteiger partial charge in [0.2, 0.25) is 0 Å². The largest absolute Gasteiger partial charge is 0.399 e. The third-order valence-corrected chi connectivity index (χ3v) is 4.72. The summed E-state index contributed by atoms with van der Waals surface area (Å²) in [6, 6.07) is 9.65. The highest BCUT2D eigenvalue weighted by Gasteiger charge is 2.14. The molecule has 0 atom stereocenters. The van der Waals surface area contributed by atoms with Crippen LogP contribution in [0.2, 0.25) is 10.0 Å². The van der Waals surface area contributed by atoms with Gasteiger partial charge in [-0.1, -0.05) is 46.2 Å². The average molecular weight is 357 g/mol. The van der Waals surface area contributed by atoms with Crippen LogP contribution in [-0.4, -0.2) is 18.2 Å². The van der Waals surface area contributed by atoms with Gasteiger partial charge >= 0.3 is 0 Å². The molecule has 0 radical (unpaired) electrons. The van der Waals surface area contributed by atoms with Crippen LogP contribution in [0.5, 0.6) is 0 Å². The molecule has 0 bridgehead atoms. The number of non-ortho nitro benzene ring substituents is 1. The van der Waals surface area contributed by atoms with E-state index in [0.717, 1.165) is 4.90 Å². The number of hydrogen-bond donors (Lipinski definition) is 0. The SMILES string of the molecule is CON=Cc1cc([N+](=O)[O-])ccc1Sc1c(Cl)cccc1Cl. The molecule has 5 nitrogen and oxygen atoms in total. The minimum absolute atomic E-state index is 0.0350. The maximum atomic E-state index is 10.9. The summed E-state index contributed by atoms with van der Waals surface area (Å²) < 4.78 is 0.